The van der Waals surface area contributed by atoms with Gasteiger partial charge in [0.25, 0.3) is 0 Å². The summed E-state index contributed by atoms with van der Waals surface area (Å²) in [5.74, 6) is -0.302. The first kappa shape index (κ1) is 57.4. The van der Waals surface area contributed by atoms with Gasteiger partial charge in [0, 0.05) is 12.8 Å². The summed E-state index contributed by atoms with van der Waals surface area (Å²) in [4.78, 5) is 25.0. The number of aliphatic hydroxyl groups is 5. The summed E-state index contributed by atoms with van der Waals surface area (Å²) in [5.41, 5.74) is 0. The summed E-state index contributed by atoms with van der Waals surface area (Å²) in [6, 6.07) is -0.849. The van der Waals surface area contributed by atoms with Crippen LogP contribution in [0.15, 0.2) is 60.8 Å². The third-order valence-electron chi connectivity index (χ3n) is 11.1. The molecule has 1 amide bonds. The molecule has 358 valence electrons. The molecule has 1 heterocycles. The Hall–Kier alpha value is -2.64. The van der Waals surface area contributed by atoms with Gasteiger partial charge in [0.1, 0.15) is 24.4 Å². The Bertz CT molecular complexity index is 1220. The first-order valence-corrected chi connectivity index (χ1v) is 24.6. The van der Waals surface area contributed by atoms with Crippen LogP contribution in [0.25, 0.3) is 0 Å². The van der Waals surface area contributed by atoms with Gasteiger partial charge in [0.05, 0.1) is 32.0 Å². The van der Waals surface area contributed by atoms with Crippen molar-refractivity contribution in [1.29, 1.82) is 0 Å². The lowest BCUT2D eigenvalue weighted by atomic mass is 9.99. The number of hydrogen-bond donors (Lipinski definition) is 6. The molecule has 1 aliphatic rings. The standard InChI is InChI=1S/C51H89NO10/c1-3-5-7-9-11-13-14-15-16-19-23-27-31-35-39-47(56)60-40-36-32-28-24-20-17-18-22-26-30-34-38-46(55)52-43(44(54)37-33-29-25-21-12-10-8-6-4-2)42-61-51-50(59)49(58)48(57)45(41-53)62-51/h9,11-12,14-15,20-21,24,33,37,43-45,48-51,53-54,57-59H,3-8,10,13,16-19,22-23,25-32,34-36,38-42H2,1-2H3,(H,52,55)/b11-9-,15-14-,21-12+,24-20-,37-33+. The number of amides is 1. The molecule has 0 aromatic carbocycles. The largest absolute Gasteiger partial charge is 0.466 e. The highest BCUT2D eigenvalue weighted by Crippen LogP contribution is 2.22. The molecule has 7 atom stereocenters. The third kappa shape index (κ3) is 31.2. The zero-order valence-corrected chi connectivity index (χ0v) is 38.8. The van der Waals surface area contributed by atoms with Crippen molar-refractivity contribution in [2.45, 2.75) is 230 Å². The molecular weight excluding hydrogens is 787 g/mol. The van der Waals surface area contributed by atoms with Crippen molar-refractivity contribution in [2.75, 3.05) is 19.8 Å². The highest BCUT2D eigenvalue weighted by atomic mass is 16.7. The molecule has 0 bridgehead atoms. The minimum absolute atomic E-state index is 0.0750. The van der Waals surface area contributed by atoms with Gasteiger partial charge >= 0.3 is 5.97 Å². The van der Waals surface area contributed by atoms with Crippen LogP contribution in [0.5, 0.6) is 0 Å². The highest BCUT2D eigenvalue weighted by Gasteiger charge is 2.44. The van der Waals surface area contributed by atoms with E-state index >= 15 is 0 Å². The average Bonchev–Trinajstić information content (AvgIpc) is 3.27. The molecule has 0 aromatic rings. The number of aliphatic hydroxyl groups excluding tert-OH is 5. The summed E-state index contributed by atoms with van der Waals surface area (Å²) >= 11 is 0. The van der Waals surface area contributed by atoms with Crippen LogP contribution in [0.3, 0.4) is 0 Å². The van der Waals surface area contributed by atoms with Gasteiger partial charge in [-0.25, -0.2) is 0 Å². The number of carbonyl (C=O) groups excluding carboxylic acids is 2. The van der Waals surface area contributed by atoms with E-state index in [1.54, 1.807) is 6.08 Å². The molecule has 0 spiro atoms. The molecule has 0 aliphatic carbocycles. The summed E-state index contributed by atoms with van der Waals surface area (Å²) in [5, 5.41) is 54.0. The Kier molecular flexibility index (Phi) is 38.0. The van der Waals surface area contributed by atoms with Crippen molar-refractivity contribution in [2.24, 2.45) is 0 Å². The van der Waals surface area contributed by atoms with Crippen LogP contribution >= 0.6 is 0 Å². The Balaban J connectivity index is 2.20. The second-order valence-electron chi connectivity index (χ2n) is 16.8. The number of nitrogens with one attached hydrogen (secondary N) is 1. The minimum atomic E-state index is -1.59. The van der Waals surface area contributed by atoms with E-state index in [4.69, 9.17) is 14.2 Å². The second-order valence-corrected chi connectivity index (χ2v) is 16.8. The van der Waals surface area contributed by atoms with E-state index in [2.05, 4.69) is 67.8 Å². The monoisotopic (exact) mass is 876 g/mol. The molecule has 7 unspecified atom stereocenters. The summed E-state index contributed by atoms with van der Waals surface area (Å²) in [7, 11) is 0. The van der Waals surface area contributed by atoms with E-state index < -0.39 is 49.5 Å². The van der Waals surface area contributed by atoms with E-state index in [1.807, 2.05) is 6.08 Å². The number of ether oxygens (including phenoxy) is 3. The predicted octanol–water partition coefficient (Wildman–Crippen LogP) is 9.55. The normalized spacial score (nSPS) is 20.7. The molecule has 6 N–H and O–H groups in total. The predicted molar refractivity (Wildman–Crippen MR) is 250 cm³/mol. The van der Waals surface area contributed by atoms with Crippen molar-refractivity contribution in [3.05, 3.63) is 60.8 Å². The zero-order chi connectivity index (χ0) is 45.3. The number of allylic oxidation sites excluding steroid dienone is 9. The van der Waals surface area contributed by atoms with Gasteiger partial charge in [0.2, 0.25) is 5.91 Å². The van der Waals surface area contributed by atoms with Crippen LogP contribution in [0.2, 0.25) is 0 Å². The maximum Gasteiger partial charge on any atom is 0.305 e. The van der Waals surface area contributed by atoms with Crippen LogP contribution in [0, 0.1) is 0 Å². The summed E-state index contributed by atoms with van der Waals surface area (Å²) in [6.07, 6.45) is 40.2. The number of rotatable bonds is 40. The molecular formula is C51H89NO10. The second kappa shape index (κ2) is 41.1. The first-order valence-electron chi connectivity index (χ1n) is 24.6. The smallest absolute Gasteiger partial charge is 0.305 e. The van der Waals surface area contributed by atoms with Crippen LogP contribution in [0.1, 0.15) is 187 Å². The molecule has 62 heavy (non-hydrogen) atoms. The van der Waals surface area contributed by atoms with Gasteiger partial charge in [-0.3, -0.25) is 9.59 Å². The molecule has 1 saturated heterocycles. The Labute approximate surface area is 376 Å². The average molecular weight is 876 g/mol. The first-order chi connectivity index (χ1) is 30.2. The molecule has 1 rings (SSSR count). The lowest BCUT2D eigenvalue weighted by Crippen LogP contribution is -2.60. The Morgan fingerprint density at radius 2 is 1.11 bits per heavy atom. The number of hydrogen-bond acceptors (Lipinski definition) is 10. The minimum Gasteiger partial charge on any atom is -0.466 e. The SMILES string of the molecule is CCCC/C=C\C/C=C\CCCCCCCC(=O)OCCCC/C=C\CCCCCCCC(=O)NC(COC1OC(CO)C(O)C(O)C1O)C(O)/C=C/CC/C=C/CCCCC. The molecule has 0 aromatic heterocycles. The van der Waals surface area contributed by atoms with E-state index in [1.165, 1.54) is 57.8 Å². The number of carbonyl (C=O) groups is 2. The molecule has 11 nitrogen and oxygen atoms in total. The third-order valence-corrected chi connectivity index (χ3v) is 11.1. The van der Waals surface area contributed by atoms with Crippen LogP contribution in [-0.4, -0.2) is 100 Å². The Morgan fingerprint density at radius 1 is 0.597 bits per heavy atom. The maximum atomic E-state index is 12.9. The van der Waals surface area contributed by atoms with Crippen molar-refractivity contribution in [1.82, 2.24) is 5.32 Å². The highest BCUT2D eigenvalue weighted by molar-refractivity contribution is 5.76. The zero-order valence-electron chi connectivity index (χ0n) is 38.8. The van der Waals surface area contributed by atoms with Crippen molar-refractivity contribution in [3.63, 3.8) is 0 Å². The Morgan fingerprint density at radius 3 is 1.74 bits per heavy atom. The van der Waals surface area contributed by atoms with E-state index in [-0.39, 0.29) is 18.5 Å². The topological polar surface area (TPSA) is 175 Å². The van der Waals surface area contributed by atoms with Crippen molar-refractivity contribution >= 4 is 11.9 Å². The van der Waals surface area contributed by atoms with Crippen LogP contribution in [-0.2, 0) is 23.8 Å². The summed E-state index contributed by atoms with van der Waals surface area (Å²) < 4.78 is 16.6. The fraction of sp³-hybridized carbons (Fsp3) is 0.765. The van der Waals surface area contributed by atoms with Gasteiger partial charge in [-0.05, 0) is 96.3 Å². The van der Waals surface area contributed by atoms with Gasteiger partial charge < -0.3 is 45.1 Å². The van der Waals surface area contributed by atoms with E-state index in [0.717, 1.165) is 96.3 Å². The van der Waals surface area contributed by atoms with E-state index in [9.17, 15) is 35.1 Å². The molecule has 11 heteroatoms. The van der Waals surface area contributed by atoms with Crippen LogP contribution < -0.4 is 5.32 Å². The summed E-state index contributed by atoms with van der Waals surface area (Å²) in [6.45, 7) is 4.09. The molecule has 0 radical (unpaired) electrons. The van der Waals surface area contributed by atoms with Crippen molar-refractivity contribution < 1.29 is 49.3 Å². The lowest BCUT2D eigenvalue weighted by Gasteiger charge is -2.40. The lowest BCUT2D eigenvalue weighted by molar-refractivity contribution is -0.302. The van der Waals surface area contributed by atoms with Gasteiger partial charge in [-0.1, -0.05) is 139 Å². The van der Waals surface area contributed by atoms with Gasteiger partial charge in [0.15, 0.2) is 6.29 Å². The number of esters is 1. The van der Waals surface area contributed by atoms with Gasteiger partial charge in [-0.15, -0.1) is 0 Å². The maximum absolute atomic E-state index is 12.9. The van der Waals surface area contributed by atoms with Crippen molar-refractivity contribution in [3.8, 4) is 0 Å². The fourth-order valence-corrected chi connectivity index (χ4v) is 7.05. The van der Waals surface area contributed by atoms with E-state index in [0.29, 0.717) is 25.9 Å². The quantitative estimate of drug-likeness (QED) is 0.0198. The van der Waals surface area contributed by atoms with Gasteiger partial charge in [-0.2, -0.15) is 0 Å². The number of unbranched alkanes of at least 4 members (excludes halogenated alkanes) is 18. The molecule has 1 fully saturated rings. The molecule has 0 saturated carbocycles. The molecule has 1 aliphatic heterocycles. The fourth-order valence-electron chi connectivity index (χ4n) is 7.05. The van der Waals surface area contributed by atoms with Crippen LogP contribution in [0.4, 0.5) is 0 Å².